The van der Waals surface area contributed by atoms with Gasteiger partial charge in [-0.05, 0) is 43.0 Å². The van der Waals surface area contributed by atoms with Crippen LogP contribution in [0.25, 0.3) is 0 Å². The van der Waals surface area contributed by atoms with Crippen molar-refractivity contribution in [3.63, 3.8) is 0 Å². The maximum Gasteiger partial charge on any atom is 0.272 e. The van der Waals surface area contributed by atoms with E-state index in [9.17, 15) is 18.4 Å². The molecule has 0 unspecified atom stereocenters. The molecule has 0 aliphatic heterocycles. The summed E-state index contributed by atoms with van der Waals surface area (Å²) < 4.78 is 29.5. The number of rotatable bonds is 9. The molecule has 1 aromatic carbocycles. The second-order valence-electron chi connectivity index (χ2n) is 6.76. The molecule has 0 spiro atoms. The lowest BCUT2D eigenvalue weighted by molar-refractivity contribution is -0.119. The summed E-state index contributed by atoms with van der Waals surface area (Å²) in [5.41, 5.74) is 1.70. The van der Waals surface area contributed by atoms with Crippen molar-refractivity contribution in [1.29, 1.82) is 0 Å². The number of nitrogens with one attached hydrogen (secondary N) is 1. The Bertz CT molecular complexity index is 870. The van der Waals surface area contributed by atoms with Crippen molar-refractivity contribution < 1.29 is 23.1 Å². The zero-order valence-electron chi connectivity index (χ0n) is 15.5. The number of alkyl halides is 2. The van der Waals surface area contributed by atoms with E-state index in [0.29, 0.717) is 17.1 Å². The van der Waals surface area contributed by atoms with Crippen LogP contribution in [0.5, 0.6) is 5.75 Å². The topological polar surface area (TPSA) is 81.2 Å². The Labute approximate surface area is 161 Å². The summed E-state index contributed by atoms with van der Waals surface area (Å²) in [6.07, 6.45) is 0.923. The maximum atomic E-state index is 12.3. The molecule has 1 aliphatic carbocycles. The molecule has 148 valence electrons. The van der Waals surface area contributed by atoms with Crippen molar-refractivity contribution in [3.05, 3.63) is 53.1 Å². The van der Waals surface area contributed by atoms with Crippen LogP contribution in [0.4, 0.5) is 8.78 Å². The third-order valence-electron chi connectivity index (χ3n) is 4.36. The van der Waals surface area contributed by atoms with E-state index in [2.05, 4.69) is 15.3 Å². The van der Waals surface area contributed by atoms with Crippen LogP contribution in [-0.4, -0.2) is 34.7 Å². The summed E-state index contributed by atoms with van der Waals surface area (Å²) in [4.78, 5) is 32.4. The predicted octanol–water partition coefficient (Wildman–Crippen LogP) is 2.88. The van der Waals surface area contributed by atoms with E-state index >= 15 is 0 Å². The minimum absolute atomic E-state index is 0.113. The Kier molecular flexibility index (Phi) is 6.28. The summed E-state index contributed by atoms with van der Waals surface area (Å²) in [5, 5.41) is 2.75. The van der Waals surface area contributed by atoms with Crippen molar-refractivity contribution >= 4 is 11.7 Å². The number of aromatic nitrogens is 2. The molecular formula is C20H21F2N3O3. The highest BCUT2D eigenvalue weighted by molar-refractivity contribution is 5.92. The molecule has 1 aliphatic rings. The van der Waals surface area contributed by atoms with Gasteiger partial charge in [-0.2, -0.15) is 0 Å². The Morgan fingerprint density at radius 3 is 2.75 bits per heavy atom. The summed E-state index contributed by atoms with van der Waals surface area (Å²) in [7, 11) is 0. The van der Waals surface area contributed by atoms with E-state index < -0.39 is 13.0 Å². The van der Waals surface area contributed by atoms with Crippen molar-refractivity contribution in [2.45, 2.75) is 39.2 Å². The monoisotopic (exact) mass is 389 g/mol. The lowest BCUT2D eigenvalue weighted by atomic mass is 10.1. The number of hydrogen-bond acceptors (Lipinski definition) is 5. The number of ketones is 1. The van der Waals surface area contributed by atoms with Crippen LogP contribution in [0.1, 0.15) is 40.3 Å². The summed E-state index contributed by atoms with van der Waals surface area (Å²) in [5.74, 6) is 0.592. The van der Waals surface area contributed by atoms with Crippen LogP contribution in [0.15, 0.2) is 30.5 Å². The van der Waals surface area contributed by atoms with Crippen LogP contribution >= 0.6 is 0 Å². The van der Waals surface area contributed by atoms with E-state index in [1.807, 2.05) is 0 Å². The van der Waals surface area contributed by atoms with E-state index in [1.165, 1.54) is 12.3 Å². The molecule has 1 aromatic heterocycles. The van der Waals surface area contributed by atoms with Crippen molar-refractivity contribution in [2.24, 2.45) is 5.92 Å². The Morgan fingerprint density at radius 2 is 2.07 bits per heavy atom. The SMILES string of the molecule is Cc1cc(CNC(=O)c2ccnc(CC(=O)C3CC3)n2)ccc1OCC(F)F. The van der Waals surface area contributed by atoms with Gasteiger partial charge in [0.15, 0.2) is 0 Å². The van der Waals surface area contributed by atoms with Crippen LogP contribution in [0, 0.1) is 12.8 Å². The molecule has 6 nitrogen and oxygen atoms in total. The Morgan fingerprint density at radius 1 is 1.29 bits per heavy atom. The zero-order chi connectivity index (χ0) is 20.1. The first-order valence-corrected chi connectivity index (χ1v) is 9.05. The van der Waals surface area contributed by atoms with Gasteiger partial charge in [0, 0.05) is 18.7 Å². The summed E-state index contributed by atoms with van der Waals surface area (Å²) in [6, 6.07) is 6.56. The minimum Gasteiger partial charge on any atom is -0.487 e. The fourth-order valence-corrected chi connectivity index (χ4v) is 2.73. The number of aryl methyl sites for hydroxylation is 1. The fourth-order valence-electron chi connectivity index (χ4n) is 2.73. The van der Waals surface area contributed by atoms with Gasteiger partial charge in [-0.15, -0.1) is 0 Å². The first-order chi connectivity index (χ1) is 13.4. The van der Waals surface area contributed by atoms with Crippen molar-refractivity contribution in [2.75, 3.05) is 6.61 Å². The van der Waals surface area contributed by atoms with Crippen LogP contribution in [0.2, 0.25) is 0 Å². The molecule has 1 fully saturated rings. The molecule has 1 N–H and O–H groups in total. The van der Waals surface area contributed by atoms with Gasteiger partial charge in [0.2, 0.25) is 0 Å². The summed E-state index contributed by atoms with van der Waals surface area (Å²) in [6.45, 7) is 1.34. The Balaban J connectivity index is 1.56. The third kappa shape index (κ3) is 5.55. The number of halogens is 2. The number of benzene rings is 1. The standard InChI is InChI=1S/C20H21F2N3O3/c1-12-8-13(2-5-17(12)28-11-18(21)22)10-24-20(27)15-6-7-23-19(25-15)9-16(26)14-3-4-14/h2,5-8,14,18H,3-4,9-11H2,1H3,(H,24,27). The highest BCUT2D eigenvalue weighted by Gasteiger charge is 2.29. The molecule has 1 heterocycles. The highest BCUT2D eigenvalue weighted by Crippen LogP contribution is 2.30. The molecule has 2 aromatic rings. The van der Waals surface area contributed by atoms with Gasteiger partial charge in [0.25, 0.3) is 12.3 Å². The van der Waals surface area contributed by atoms with E-state index in [-0.39, 0.29) is 36.3 Å². The average Bonchev–Trinajstić information content (AvgIpc) is 3.50. The van der Waals surface area contributed by atoms with E-state index in [4.69, 9.17) is 4.74 Å². The third-order valence-corrected chi connectivity index (χ3v) is 4.36. The molecule has 0 atom stereocenters. The molecule has 8 heteroatoms. The number of hydrogen-bond donors (Lipinski definition) is 1. The number of ether oxygens (including phenoxy) is 1. The molecule has 0 radical (unpaired) electrons. The van der Waals surface area contributed by atoms with Gasteiger partial charge in [-0.25, -0.2) is 18.7 Å². The first kappa shape index (κ1) is 19.9. The average molecular weight is 389 g/mol. The number of carbonyl (C=O) groups excluding carboxylic acids is 2. The van der Waals surface area contributed by atoms with Gasteiger partial charge in [-0.3, -0.25) is 9.59 Å². The molecule has 28 heavy (non-hydrogen) atoms. The van der Waals surface area contributed by atoms with Gasteiger partial charge in [0.1, 0.15) is 29.7 Å². The van der Waals surface area contributed by atoms with Gasteiger partial charge < -0.3 is 10.1 Å². The highest BCUT2D eigenvalue weighted by atomic mass is 19.3. The van der Waals surface area contributed by atoms with Crippen LogP contribution in [0.3, 0.4) is 0 Å². The lowest BCUT2D eigenvalue weighted by Crippen LogP contribution is -2.24. The van der Waals surface area contributed by atoms with E-state index in [1.54, 1.807) is 25.1 Å². The molecule has 0 bridgehead atoms. The molecular weight excluding hydrogens is 368 g/mol. The lowest BCUT2D eigenvalue weighted by Gasteiger charge is -2.11. The van der Waals surface area contributed by atoms with Crippen LogP contribution < -0.4 is 10.1 Å². The van der Waals surface area contributed by atoms with Gasteiger partial charge >= 0.3 is 0 Å². The Hall–Kier alpha value is -2.90. The fraction of sp³-hybridized carbons (Fsp3) is 0.400. The van der Waals surface area contributed by atoms with Gasteiger partial charge in [0.05, 0.1) is 6.42 Å². The van der Waals surface area contributed by atoms with Crippen molar-refractivity contribution in [1.82, 2.24) is 15.3 Å². The maximum absolute atomic E-state index is 12.3. The van der Waals surface area contributed by atoms with Crippen LogP contribution in [-0.2, 0) is 17.8 Å². The first-order valence-electron chi connectivity index (χ1n) is 9.05. The normalized spacial score (nSPS) is 13.4. The molecule has 1 amide bonds. The second kappa shape index (κ2) is 8.86. The number of Topliss-reactive ketones (excluding diaryl/α,β-unsaturated/α-hetero) is 1. The minimum atomic E-state index is -2.53. The number of amides is 1. The van der Waals surface area contributed by atoms with Crippen molar-refractivity contribution in [3.8, 4) is 5.75 Å². The zero-order valence-corrected chi connectivity index (χ0v) is 15.5. The number of nitrogens with zero attached hydrogens (tertiary/aromatic N) is 2. The number of carbonyl (C=O) groups is 2. The quantitative estimate of drug-likeness (QED) is 0.713. The molecule has 3 rings (SSSR count). The summed E-state index contributed by atoms with van der Waals surface area (Å²) >= 11 is 0. The molecule has 1 saturated carbocycles. The molecule has 0 saturated heterocycles. The second-order valence-corrected chi connectivity index (χ2v) is 6.76. The predicted molar refractivity (Wildman–Crippen MR) is 97.3 cm³/mol. The van der Waals surface area contributed by atoms with Gasteiger partial charge in [-0.1, -0.05) is 12.1 Å². The largest absolute Gasteiger partial charge is 0.487 e. The smallest absolute Gasteiger partial charge is 0.272 e. The van der Waals surface area contributed by atoms with E-state index in [0.717, 1.165) is 18.4 Å².